The number of rotatable bonds is 2. The summed E-state index contributed by atoms with van der Waals surface area (Å²) >= 11 is 0. The Bertz CT molecular complexity index is 180. The van der Waals surface area contributed by atoms with E-state index in [0.29, 0.717) is 12.3 Å². The van der Waals surface area contributed by atoms with Crippen LogP contribution in [0.2, 0.25) is 0 Å². The fourth-order valence-electron chi connectivity index (χ4n) is 1.32. The summed E-state index contributed by atoms with van der Waals surface area (Å²) in [6.45, 7) is 1.72. The Morgan fingerprint density at radius 1 is 1.55 bits per heavy atom. The van der Waals surface area contributed by atoms with Crippen LogP contribution in [0.1, 0.15) is 25.7 Å². The average molecular weight is 151 g/mol. The smallest absolute Gasteiger partial charge is 0.0957 e. The Balaban J connectivity index is 2.31. The molecule has 3 heteroatoms. The fraction of sp³-hybridized carbons (Fsp3) is 0.750. The van der Waals surface area contributed by atoms with Crippen LogP contribution in [0.3, 0.4) is 0 Å². The van der Waals surface area contributed by atoms with Gasteiger partial charge in [-0.2, -0.15) is 5.26 Å². The van der Waals surface area contributed by atoms with E-state index in [-0.39, 0.29) is 0 Å². The zero-order chi connectivity index (χ0) is 8.10. The lowest BCUT2D eigenvalue weighted by atomic mass is 10.1. The van der Waals surface area contributed by atoms with Gasteiger partial charge < -0.3 is 4.90 Å². The van der Waals surface area contributed by atoms with Crippen molar-refractivity contribution in [3.05, 3.63) is 0 Å². The van der Waals surface area contributed by atoms with Crippen molar-refractivity contribution in [2.75, 3.05) is 13.1 Å². The van der Waals surface area contributed by atoms with E-state index in [4.69, 9.17) is 10.7 Å². The SMILES string of the molecule is N#CCCN1CCCCC1=N. The molecule has 0 atom stereocenters. The molecule has 11 heavy (non-hydrogen) atoms. The van der Waals surface area contributed by atoms with Crippen LogP contribution in [0.5, 0.6) is 0 Å². The van der Waals surface area contributed by atoms with Crippen LogP contribution in [-0.2, 0) is 0 Å². The topological polar surface area (TPSA) is 50.9 Å². The predicted molar refractivity (Wildman–Crippen MR) is 43.4 cm³/mol. The second-order valence-corrected chi connectivity index (χ2v) is 2.80. The van der Waals surface area contributed by atoms with Gasteiger partial charge >= 0.3 is 0 Å². The molecule has 3 nitrogen and oxygen atoms in total. The molecule has 0 unspecified atom stereocenters. The first kappa shape index (κ1) is 8.06. The van der Waals surface area contributed by atoms with Crippen molar-refractivity contribution in [1.82, 2.24) is 4.90 Å². The molecular weight excluding hydrogens is 138 g/mol. The van der Waals surface area contributed by atoms with Crippen LogP contribution in [0.25, 0.3) is 0 Å². The summed E-state index contributed by atoms with van der Waals surface area (Å²) in [4.78, 5) is 2.01. The van der Waals surface area contributed by atoms with E-state index in [0.717, 1.165) is 25.9 Å². The summed E-state index contributed by atoms with van der Waals surface area (Å²) in [6.07, 6.45) is 3.75. The minimum Gasteiger partial charge on any atom is -0.360 e. The van der Waals surface area contributed by atoms with E-state index in [2.05, 4.69) is 6.07 Å². The molecule has 0 aromatic carbocycles. The quantitative estimate of drug-likeness (QED) is 0.647. The van der Waals surface area contributed by atoms with Crippen LogP contribution < -0.4 is 0 Å². The third-order valence-electron chi connectivity index (χ3n) is 1.97. The molecule has 1 aliphatic heterocycles. The fourth-order valence-corrected chi connectivity index (χ4v) is 1.32. The molecule has 1 fully saturated rings. The van der Waals surface area contributed by atoms with Crippen LogP contribution in [0.4, 0.5) is 0 Å². The summed E-state index contributed by atoms with van der Waals surface area (Å²) in [5.41, 5.74) is 0. The maximum Gasteiger partial charge on any atom is 0.0957 e. The van der Waals surface area contributed by atoms with Crippen molar-refractivity contribution in [2.24, 2.45) is 0 Å². The van der Waals surface area contributed by atoms with Crippen molar-refractivity contribution in [1.29, 1.82) is 10.7 Å². The zero-order valence-corrected chi connectivity index (χ0v) is 6.64. The highest BCUT2D eigenvalue weighted by Crippen LogP contribution is 2.10. The van der Waals surface area contributed by atoms with Crippen LogP contribution in [0, 0.1) is 16.7 Å². The number of nitriles is 1. The minimum absolute atomic E-state index is 0.544. The zero-order valence-electron chi connectivity index (χ0n) is 6.64. The van der Waals surface area contributed by atoms with Gasteiger partial charge in [0.25, 0.3) is 0 Å². The molecule has 0 bridgehead atoms. The van der Waals surface area contributed by atoms with Crippen molar-refractivity contribution in [3.8, 4) is 6.07 Å². The van der Waals surface area contributed by atoms with Gasteiger partial charge in [-0.15, -0.1) is 0 Å². The molecule has 0 aliphatic carbocycles. The number of nitrogens with one attached hydrogen (secondary N) is 1. The highest BCUT2D eigenvalue weighted by molar-refractivity contribution is 5.79. The summed E-state index contributed by atoms with van der Waals surface area (Å²) in [5, 5.41) is 15.9. The van der Waals surface area contributed by atoms with Gasteiger partial charge in [-0.1, -0.05) is 0 Å². The third-order valence-corrected chi connectivity index (χ3v) is 1.97. The highest BCUT2D eigenvalue weighted by atomic mass is 15.2. The molecule has 1 N–H and O–H groups in total. The van der Waals surface area contributed by atoms with Gasteiger partial charge in [-0.3, -0.25) is 5.41 Å². The maximum atomic E-state index is 8.34. The number of nitrogens with zero attached hydrogens (tertiary/aromatic N) is 2. The second kappa shape index (κ2) is 3.97. The Morgan fingerprint density at radius 3 is 3.00 bits per heavy atom. The molecule has 0 spiro atoms. The number of hydrogen-bond acceptors (Lipinski definition) is 2. The van der Waals surface area contributed by atoms with Crippen LogP contribution in [0.15, 0.2) is 0 Å². The lowest BCUT2D eigenvalue weighted by Crippen LogP contribution is -2.35. The second-order valence-electron chi connectivity index (χ2n) is 2.80. The summed E-state index contributed by atoms with van der Waals surface area (Å²) in [5.74, 6) is 0.714. The first-order valence-electron chi connectivity index (χ1n) is 4.04. The molecule has 0 aromatic heterocycles. The molecule has 60 valence electrons. The number of amidine groups is 1. The summed E-state index contributed by atoms with van der Waals surface area (Å²) in [6, 6.07) is 2.10. The number of hydrogen-bond donors (Lipinski definition) is 1. The van der Waals surface area contributed by atoms with Crippen molar-refractivity contribution < 1.29 is 0 Å². The maximum absolute atomic E-state index is 8.34. The van der Waals surface area contributed by atoms with Gasteiger partial charge in [-0.05, 0) is 12.8 Å². The minimum atomic E-state index is 0.544. The van der Waals surface area contributed by atoms with Crippen molar-refractivity contribution in [2.45, 2.75) is 25.7 Å². The number of piperidine rings is 1. The Labute approximate surface area is 67.1 Å². The Kier molecular flexibility index (Phi) is 2.91. The van der Waals surface area contributed by atoms with Gasteiger partial charge in [-0.25, -0.2) is 0 Å². The standard InChI is InChI=1S/C8H13N3/c9-5-3-7-11-6-2-1-4-8(11)10/h10H,1-4,6-7H2. The molecule has 0 amide bonds. The van der Waals surface area contributed by atoms with Crippen molar-refractivity contribution >= 4 is 5.84 Å². The summed E-state index contributed by atoms with van der Waals surface area (Å²) in [7, 11) is 0. The van der Waals surface area contributed by atoms with Gasteiger partial charge in [0.1, 0.15) is 0 Å². The normalized spacial score (nSPS) is 18.1. The van der Waals surface area contributed by atoms with Gasteiger partial charge in [0.2, 0.25) is 0 Å². The molecule has 1 heterocycles. The molecule has 0 aromatic rings. The van der Waals surface area contributed by atoms with E-state index in [1.54, 1.807) is 0 Å². The van der Waals surface area contributed by atoms with E-state index in [9.17, 15) is 0 Å². The predicted octanol–water partition coefficient (Wildman–Crippen LogP) is 1.36. The van der Waals surface area contributed by atoms with Crippen LogP contribution >= 0.6 is 0 Å². The Morgan fingerprint density at radius 2 is 2.36 bits per heavy atom. The number of likely N-dealkylation sites (tertiary alicyclic amines) is 1. The van der Waals surface area contributed by atoms with E-state index in [1.807, 2.05) is 4.90 Å². The molecule has 1 aliphatic rings. The van der Waals surface area contributed by atoms with Gasteiger partial charge in [0.15, 0.2) is 0 Å². The Hall–Kier alpha value is -1.04. The van der Waals surface area contributed by atoms with Crippen molar-refractivity contribution in [3.63, 3.8) is 0 Å². The molecule has 0 saturated carbocycles. The molecule has 1 rings (SSSR count). The average Bonchev–Trinajstić information content (AvgIpc) is 2.03. The molecular formula is C8H13N3. The first-order valence-corrected chi connectivity index (χ1v) is 4.04. The lowest BCUT2D eigenvalue weighted by molar-refractivity contribution is 0.374. The van der Waals surface area contributed by atoms with Gasteiger partial charge in [0, 0.05) is 19.5 Å². The third kappa shape index (κ3) is 2.23. The monoisotopic (exact) mass is 151 g/mol. The van der Waals surface area contributed by atoms with Gasteiger partial charge in [0.05, 0.1) is 18.3 Å². The van der Waals surface area contributed by atoms with E-state index >= 15 is 0 Å². The van der Waals surface area contributed by atoms with E-state index in [1.165, 1.54) is 6.42 Å². The van der Waals surface area contributed by atoms with Crippen LogP contribution in [-0.4, -0.2) is 23.8 Å². The van der Waals surface area contributed by atoms with E-state index < -0.39 is 0 Å². The first-order chi connectivity index (χ1) is 5.34. The molecule has 0 radical (unpaired) electrons. The highest BCUT2D eigenvalue weighted by Gasteiger charge is 2.13. The summed E-state index contributed by atoms with van der Waals surface area (Å²) < 4.78 is 0. The lowest BCUT2D eigenvalue weighted by Gasteiger charge is -2.28. The largest absolute Gasteiger partial charge is 0.360 e. The molecule has 1 saturated heterocycles.